The number of ether oxygens (including phenoxy) is 2. The van der Waals surface area contributed by atoms with Gasteiger partial charge in [0, 0.05) is 6.08 Å². The fraction of sp³-hybridized carbons (Fsp3) is 0.304. The zero-order valence-electron chi connectivity index (χ0n) is 18.1. The van der Waals surface area contributed by atoms with E-state index in [2.05, 4.69) is 5.32 Å². The van der Waals surface area contributed by atoms with Gasteiger partial charge in [0.05, 0.1) is 28.9 Å². The summed E-state index contributed by atoms with van der Waals surface area (Å²) in [5, 5.41) is 10.5. The third-order valence-corrected chi connectivity index (χ3v) is 6.68. The van der Waals surface area contributed by atoms with Gasteiger partial charge < -0.3 is 14.8 Å². The first-order chi connectivity index (χ1) is 15.9. The van der Waals surface area contributed by atoms with Gasteiger partial charge in [0.1, 0.15) is 22.9 Å². The Labute approximate surface area is 193 Å². The Morgan fingerprint density at radius 1 is 1.33 bits per heavy atom. The van der Waals surface area contributed by atoms with Crippen LogP contribution in [0.1, 0.15) is 20.3 Å². The van der Waals surface area contributed by atoms with Crippen LogP contribution in [0.25, 0.3) is 0 Å². The second-order valence-electron chi connectivity index (χ2n) is 7.33. The van der Waals surface area contributed by atoms with Gasteiger partial charge >= 0.3 is 5.97 Å². The van der Waals surface area contributed by atoms with E-state index < -0.39 is 40.0 Å². The molecule has 2 unspecified atom stereocenters. The summed E-state index contributed by atoms with van der Waals surface area (Å²) in [5.41, 5.74) is 0.985. The van der Waals surface area contributed by atoms with Crippen molar-refractivity contribution in [2.45, 2.75) is 31.7 Å². The van der Waals surface area contributed by atoms with Crippen molar-refractivity contribution in [1.82, 2.24) is 10.2 Å². The molecule has 0 aliphatic carbocycles. The molecule has 0 bridgehead atoms. The maximum Gasteiger partial charge on any atom is 0.360 e. The molecule has 2 heterocycles. The highest BCUT2D eigenvalue weighted by Gasteiger charge is 2.57. The van der Waals surface area contributed by atoms with Crippen molar-refractivity contribution in [3.63, 3.8) is 0 Å². The third kappa shape index (κ3) is 5.38. The number of β-lactam (4-membered cyclic amide) rings is 1. The van der Waals surface area contributed by atoms with Gasteiger partial charge in [-0.2, -0.15) is 5.26 Å². The van der Waals surface area contributed by atoms with Crippen molar-refractivity contribution in [2.75, 3.05) is 12.4 Å². The van der Waals surface area contributed by atoms with Crippen LogP contribution in [0.4, 0.5) is 0 Å². The van der Waals surface area contributed by atoms with Crippen molar-refractivity contribution in [3.8, 4) is 11.8 Å². The lowest BCUT2D eigenvalue weighted by Gasteiger charge is -2.49. The number of amides is 2. The lowest BCUT2D eigenvalue weighted by molar-refractivity contribution is -0.151. The molecule has 33 heavy (non-hydrogen) atoms. The minimum atomic E-state index is -1.61. The van der Waals surface area contributed by atoms with E-state index in [0.717, 1.165) is 16.5 Å². The van der Waals surface area contributed by atoms with Gasteiger partial charge in [-0.05, 0) is 42.7 Å². The number of hydrogen-bond acceptors (Lipinski definition) is 7. The largest absolute Gasteiger partial charge is 0.484 e. The van der Waals surface area contributed by atoms with E-state index in [4.69, 9.17) is 14.7 Å². The predicted molar refractivity (Wildman–Crippen MR) is 119 cm³/mol. The molecule has 3 atom stereocenters. The standard InChI is InChI=1S/C23H23N3O6S/c1-3-15(2)12-32-23(29)20-16(8-7-11-24)14-33(30)22-19(21(28)26(20)22)25-18(27)13-31-17-9-5-4-6-10-17/h4-10,12,19,22H,3,13-14H2,1-2H3,(H,25,27)/t19?,22-,33?/m1/s1. The van der Waals surface area contributed by atoms with Crippen LogP contribution in [-0.4, -0.2) is 50.7 Å². The van der Waals surface area contributed by atoms with Crippen LogP contribution >= 0.6 is 0 Å². The van der Waals surface area contributed by atoms with Gasteiger partial charge in [0.25, 0.3) is 11.8 Å². The summed E-state index contributed by atoms with van der Waals surface area (Å²) in [6.07, 6.45) is 4.44. The number of carbonyl (C=O) groups excluding carboxylic acids is 3. The van der Waals surface area contributed by atoms with Crippen molar-refractivity contribution >= 4 is 28.6 Å². The molecule has 1 aromatic carbocycles. The summed E-state index contributed by atoms with van der Waals surface area (Å²) in [7, 11) is -1.61. The molecule has 0 radical (unpaired) electrons. The number of para-hydroxylation sites is 1. The number of rotatable bonds is 8. The fourth-order valence-corrected chi connectivity index (χ4v) is 4.88. The summed E-state index contributed by atoms with van der Waals surface area (Å²) in [6, 6.07) is 9.45. The summed E-state index contributed by atoms with van der Waals surface area (Å²) >= 11 is 0. The lowest BCUT2D eigenvalue weighted by atomic mass is 10.0. The molecule has 0 aromatic heterocycles. The molecule has 1 N–H and O–H groups in total. The van der Waals surface area contributed by atoms with Crippen LogP contribution in [0, 0.1) is 11.3 Å². The van der Waals surface area contributed by atoms with Crippen LogP contribution in [0.2, 0.25) is 0 Å². The second-order valence-corrected chi connectivity index (χ2v) is 8.86. The first kappa shape index (κ1) is 23.9. The molecular weight excluding hydrogens is 446 g/mol. The first-order valence-corrected chi connectivity index (χ1v) is 11.6. The fourth-order valence-electron chi connectivity index (χ4n) is 3.23. The Morgan fingerprint density at radius 2 is 2.06 bits per heavy atom. The average molecular weight is 470 g/mol. The predicted octanol–water partition coefficient (Wildman–Crippen LogP) is 1.67. The van der Waals surface area contributed by atoms with Gasteiger partial charge in [0.15, 0.2) is 6.61 Å². The summed E-state index contributed by atoms with van der Waals surface area (Å²) in [5.74, 6) is -1.52. The molecule has 172 valence electrons. The van der Waals surface area contributed by atoms with Crippen LogP contribution in [0.15, 0.2) is 65.6 Å². The minimum Gasteiger partial charge on any atom is -0.484 e. The van der Waals surface area contributed by atoms with Crippen LogP contribution in [0.3, 0.4) is 0 Å². The highest BCUT2D eigenvalue weighted by molar-refractivity contribution is 7.86. The molecule has 0 saturated carbocycles. The van der Waals surface area contributed by atoms with E-state index in [9.17, 15) is 18.6 Å². The number of hydrogen-bond donors (Lipinski definition) is 1. The Morgan fingerprint density at radius 3 is 2.73 bits per heavy atom. The van der Waals surface area contributed by atoms with Gasteiger partial charge in [-0.1, -0.05) is 25.1 Å². The number of nitrogens with one attached hydrogen (secondary N) is 1. The number of allylic oxidation sites excluding steroid dienone is 3. The molecule has 2 aliphatic heterocycles. The molecule has 3 rings (SSSR count). The number of esters is 1. The SMILES string of the molecule is CCC(C)=COC(=O)C1=C(C=CC#N)CS(=O)[C@@H]2C(NC(=O)COc3ccccc3)C(=O)N12. The summed E-state index contributed by atoms with van der Waals surface area (Å²) in [6.45, 7) is 3.36. The molecule has 2 amide bonds. The van der Waals surface area contributed by atoms with Gasteiger partial charge in [-0.25, -0.2) is 4.79 Å². The van der Waals surface area contributed by atoms with E-state index >= 15 is 0 Å². The zero-order valence-corrected chi connectivity index (χ0v) is 19.0. The van der Waals surface area contributed by atoms with Gasteiger partial charge in [-0.15, -0.1) is 0 Å². The minimum absolute atomic E-state index is 0.0690. The van der Waals surface area contributed by atoms with Crippen molar-refractivity contribution in [1.29, 1.82) is 5.26 Å². The van der Waals surface area contributed by atoms with E-state index in [1.807, 2.05) is 19.1 Å². The Balaban J connectivity index is 1.77. The maximum atomic E-state index is 12.9. The normalized spacial score (nSPS) is 22.3. The lowest BCUT2D eigenvalue weighted by Crippen LogP contribution is -2.73. The highest BCUT2D eigenvalue weighted by atomic mass is 32.2. The Bertz CT molecular complexity index is 1100. The zero-order chi connectivity index (χ0) is 24.0. The number of nitriles is 1. The smallest absolute Gasteiger partial charge is 0.360 e. The maximum absolute atomic E-state index is 12.9. The molecule has 0 spiro atoms. The van der Waals surface area contributed by atoms with E-state index in [-0.39, 0.29) is 23.6 Å². The van der Waals surface area contributed by atoms with Crippen LogP contribution in [0.5, 0.6) is 5.75 Å². The van der Waals surface area contributed by atoms with E-state index in [0.29, 0.717) is 12.2 Å². The van der Waals surface area contributed by atoms with Crippen LogP contribution < -0.4 is 10.1 Å². The number of benzene rings is 1. The molecular formula is C23H23N3O6S. The van der Waals surface area contributed by atoms with Crippen molar-refractivity contribution < 1.29 is 28.1 Å². The molecule has 9 nitrogen and oxygen atoms in total. The second kappa shape index (κ2) is 10.7. The van der Waals surface area contributed by atoms with E-state index in [1.54, 1.807) is 31.2 Å². The number of carbonyl (C=O) groups is 3. The average Bonchev–Trinajstić information content (AvgIpc) is 2.83. The Kier molecular flexibility index (Phi) is 7.79. The van der Waals surface area contributed by atoms with Gasteiger partial charge in [-0.3, -0.25) is 18.7 Å². The number of fused-ring (bicyclic) bond motifs is 1. The summed E-state index contributed by atoms with van der Waals surface area (Å²) < 4.78 is 23.4. The van der Waals surface area contributed by atoms with E-state index in [1.165, 1.54) is 12.3 Å². The topological polar surface area (TPSA) is 126 Å². The summed E-state index contributed by atoms with van der Waals surface area (Å²) in [4.78, 5) is 39.0. The quantitative estimate of drug-likeness (QED) is 0.266. The molecule has 1 saturated heterocycles. The van der Waals surface area contributed by atoms with Crippen LogP contribution in [-0.2, 0) is 29.9 Å². The molecule has 2 aliphatic rings. The van der Waals surface area contributed by atoms with Crippen molar-refractivity contribution in [2.24, 2.45) is 0 Å². The monoisotopic (exact) mass is 469 g/mol. The van der Waals surface area contributed by atoms with Crippen molar-refractivity contribution in [3.05, 3.63) is 65.6 Å². The first-order valence-electron chi connectivity index (χ1n) is 10.2. The molecule has 1 aromatic rings. The highest BCUT2D eigenvalue weighted by Crippen LogP contribution is 2.35. The number of nitrogens with zero attached hydrogens (tertiary/aromatic N) is 2. The molecule has 10 heteroatoms. The molecule has 1 fully saturated rings. The van der Waals surface area contributed by atoms with Gasteiger partial charge in [0.2, 0.25) is 0 Å². The Hall–Kier alpha value is -3.71. The third-order valence-electron chi connectivity index (χ3n) is 5.06.